The zero-order valence-corrected chi connectivity index (χ0v) is 9.99. The van der Waals surface area contributed by atoms with E-state index >= 15 is 0 Å². The molecule has 0 saturated carbocycles. The summed E-state index contributed by atoms with van der Waals surface area (Å²) in [6, 6.07) is 3.55. The van der Waals surface area contributed by atoms with Crippen molar-refractivity contribution >= 4 is 23.4 Å². The predicted octanol–water partition coefficient (Wildman–Crippen LogP) is 2.74. The molecule has 4 nitrogen and oxygen atoms in total. The summed E-state index contributed by atoms with van der Waals surface area (Å²) >= 11 is 5.83. The van der Waals surface area contributed by atoms with Gasteiger partial charge >= 0.3 is 5.97 Å². The van der Waals surface area contributed by atoms with Gasteiger partial charge in [-0.3, -0.25) is 9.59 Å². The summed E-state index contributed by atoms with van der Waals surface area (Å²) in [7, 11) is 0. The van der Waals surface area contributed by atoms with Gasteiger partial charge in [0.05, 0.1) is 6.26 Å². The zero-order chi connectivity index (χ0) is 12.4. The summed E-state index contributed by atoms with van der Waals surface area (Å²) in [5.41, 5.74) is 0. The van der Waals surface area contributed by atoms with Gasteiger partial charge in [0.2, 0.25) is 0 Å². The number of ether oxygens (including phenoxy) is 1. The second-order valence-electron chi connectivity index (χ2n) is 3.87. The normalized spacial score (nSPS) is 20.6. The van der Waals surface area contributed by atoms with Gasteiger partial charge in [-0.2, -0.15) is 0 Å². The van der Waals surface area contributed by atoms with Crippen molar-refractivity contribution in [3.63, 3.8) is 0 Å². The highest BCUT2D eigenvalue weighted by molar-refractivity contribution is 6.43. The second-order valence-corrected chi connectivity index (χ2v) is 4.25. The summed E-state index contributed by atoms with van der Waals surface area (Å²) in [5.74, 6) is 0.111. The first-order valence-electron chi connectivity index (χ1n) is 5.21. The number of carbonyl (C=O) groups excluding carboxylic acids is 2. The van der Waals surface area contributed by atoms with Crippen LogP contribution in [0.3, 0.4) is 0 Å². The van der Waals surface area contributed by atoms with Crippen molar-refractivity contribution in [1.82, 2.24) is 0 Å². The van der Waals surface area contributed by atoms with E-state index < -0.39 is 5.97 Å². The summed E-state index contributed by atoms with van der Waals surface area (Å²) in [4.78, 5) is 22.6. The van der Waals surface area contributed by atoms with Crippen molar-refractivity contribution in [3.05, 3.63) is 34.9 Å². The monoisotopic (exact) mass is 254 g/mol. The smallest absolute Gasteiger partial charge is 0.307 e. The van der Waals surface area contributed by atoms with Crippen molar-refractivity contribution in [2.45, 2.75) is 25.7 Å². The maximum Gasteiger partial charge on any atom is 0.307 e. The van der Waals surface area contributed by atoms with Gasteiger partial charge in [0, 0.05) is 25.7 Å². The molecule has 0 fully saturated rings. The van der Waals surface area contributed by atoms with Gasteiger partial charge in [-0.05, 0) is 12.1 Å². The Hall–Kier alpha value is -1.55. The Morgan fingerprint density at radius 2 is 2.29 bits per heavy atom. The third kappa shape index (κ3) is 2.58. The molecule has 2 rings (SSSR count). The molecule has 1 aromatic rings. The van der Waals surface area contributed by atoms with E-state index in [1.54, 1.807) is 18.4 Å². The molecule has 1 aromatic heterocycles. The molecular weight excluding hydrogens is 244 g/mol. The molecule has 5 heteroatoms. The Balaban J connectivity index is 2.23. The Morgan fingerprint density at radius 3 is 2.88 bits per heavy atom. The maximum atomic E-state index is 11.7. The summed E-state index contributed by atoms with van der Waals surface area (Å²) in [5, 5.41) is 0.0167. The van der Waals surface area contributed by atoms with E-state index in [0.717, 1.165) is 0 Å². The number of allylic oxidation sites excluding steroid dienone is 2. The van der Waals surface area contributed by atoms with Crippen LogP contribution in [0.15, 0.2) is 33.6 Å². The molecule has 1 heterocycles. The topological polar surface area (TPSA) is 56.5 Å². The highest BCUT2D eigenvalue weighted by Gasteiger charge is 2.31. The number of carbonyl (C=O) groups is 2. The van der Waals surface area contributed by atoms with Crippen LogP contribution in [0.1, 0.15) is 31.4 Å². The van der Waals surface area contributed by atoms with Crippen LogP contribution in [-0.4, -0.2) is 11.8 Å². The molecule has 0 bridgehead atoms. The molecule has 0 aromatic carbocycles. The lowest BCUT2D eigenvalue weighted by molar-refractivity contribution is -0.137. The van der Waals surface area contributed by atoms with Gasteiger partial charge in [0.1, 0.15) is 16.6 Å². The lowest BCUT2D eigenvalue weighted by Gasteiger charge is -2.21. The van der Waals surface area contributed by atoms with Gasteiger partial charge in [0.25, 0.3) is 0 Å². The fourth-order valence-corrected chi connectivity index (χ4v) is 2.03. The third-order valence-corrected chi connectivity index (χ3v) is 2.99. The quantitative estimate of drug-likeness (QED) is 0.762. The molecule has 0 aliphatic heterocycles. The van der Waals surface area contributed by atoms with E-state index in [9.17, 15) is 9.59 Å². The van der Waals surface area contributed by atoms with Crippen molar-refractivity contribution in [1.29, 1.82) is 0 Å². The van der Waals surface area contributed by atoms with Crippen LogP contribution < -0.4 is 0 Å². The molecule has 1 atom stereocenters. The van der Waals surface area contributed by atoms with E-state index in [1.807, 2.05) is 0 Å². The van der Waals surface area contributed by atoms with E-state index in [4.69, 9.17) is 20.8 Å². The molecular formula is C12H11ClO4. The van der Waals surface area contributed by atoms with Crippen LogP contribution in [0.25, 0.3) is 0 Å². The number of hydrogen-bond donors (Lipinski definition) is 0. The fourth-order valence-electron chi connectivity index (χ4n) is 1.84. The molecule has 17 heavy (non-hydrogen) atoms. The second kappa shape index (κ2) is 4.75. The number of halogens is 1. The molecule has 0 amide bonds. The first-order valence-corrected chi connectivity index (χ1v) is 5.59. The number of esters is 1. The highest BCUT2D eigenvalue weighted by Crippen LogP contribution is 2.36. The lowest BCUT2D eigenvalue weighted by atomic mass is 9.90. The van der Waals surface area contributed by atoms with Gasteiger partial charge in [-0.15, -0.1) is 0 Å². The molecule has 0 spiro atoms. The molecule has 1 aliphatic rings. The zero-order valence-electron chi connectivity index (χ0n) is 9.23. The SMILES string of the molecule is CC(=O)OC1=C(Cl)C(=O)CC(c2ccco2)C1. The van der Waals surface area contributed by atoms with E-state index in [-0.39, 0.29) is 28.9 Å². The average Bonchev–Trinajstić information content (AvgIpc) is 2.77. The molecule has 0 N–H and O–H groups in total. The van der Waals surface area contributed by atoms with Crippen molar-refractivity contribution < 1.29 is 18.7 Å². The number of ketones is 1. The molecule has 0 radical (unpaired) electrons. The van der Waals surface area contributed by atoms with Crippen LogP contribution in [0.2, 0.25) is 0 Å². The van der Waals surface area contributed by atoms with Gasteiger partial charge < -0.3 is 9.15 Å². The molecule has 0 saturated heterocycles. The van der Waals surface area contributed by atoms with Crippen molar-refractivity contribution in [3.8, 4) is 0 Å². The van der Waals surface area contributed by atoms with Crippen LogP contribution in [0, 0.1) is 0 Å². The number of furan rings is 1. The number of hydrogen-bond acceptors (Lipinski definition) is 4. The van der Waals surface area contributed by atoms with Gasteiger partial charge in [0.15, 0.2) is 5.78 Å². The van der Waals surface area contributed by atoms with Gasteiger partial charge in [-0.25, -0.2) is 0 Å². The first kappa shape index (κ1) is 11.9. The van der Waals surface area contributed by atoms with Crippen molar-refractivity contribution in [2.75, 3.05) is 0 Å². The first-order chi connectivity index (χ1) is 8.08. The minimum atomic E-state index is -0.481. The number of Topliss-reactive ketones (excluding diaryl/α,β-unsaturated/α-hetero) is 1. The van der Waals surface area contributed by atoms with Crippen LogP contribution in [0.4, 0.5) is 0 Å². The van der Waals surface area contributed by atoms with Crippen LogP contribution >= 0.6 is 11.6 Å². The van der Waals surface area contributed by atoms with Crippen molar-refractivity contribution in [2.24, 2.45) is 0 Å². The van der Waals surface area contributed by atoms with E-state index in [2.05, 4.69) is 0 Å². The fraction of sp³-hybridized carbons (Fsp3) is 0.333. The number of rotatable bonds is 2. The summed E-state index contributed by atoms with van der Waals surface area (Å²) < 4.78 is 10.2. The Kier molecular flexibility index (Phi) is 3.33. The Morgan fingerprint density at radius 1 is 1.53 bits per heavy atom. The molecule has 1 aliphatic carbocycles. The Labute approximate surface area is 103 Å². The maximum absolute atomic E-state index is 11.7. The lowest BCUT2D eigenvalue weighted by Crippen LogP contribution is -2.18. The summed E-state index contributed by atoms with van der Waals surface area (Å²) in [6.45, 7) is 1.28. The van der Waals surface area contributed by atoms with Gasteiger partial charge in [-0.1, -0.05) is 11.6 Å². The molecule has 1 unspecified atom stereocenters. The minimum Gasteiger partial charge on any atom is -0.469 e. The summed E-state index contributed by atoms with van der Waals surface area (Å²) in [6.07, 6.45) is 2.22. The predicted molar refractivity (Wildman–Crippen MR) is 60.3 cm³/mol. The third-order valence-electron chi connectivity index (χ3n) is 2.57. The minimum absolute atomic E-state index is 0.0167. The largest absolute Gasteiger partial charge is 0.469 e. The molecule has 90 valence electrons. The average molecular weight is 255 g/mol. The highest BCUT2D eigenvalue weighted by atomic mass is 35.5. The van der Waals surface area contributed by atoms with Crippen LogP contribution in [0.5, 0.6) is 0 Å². The van der Waals surface area contributed by atoms with E-state index in [0.29, 0.717) is 12.2 Å². The Bertz CT molecular complexity index is 473. The van der Waals surface area contributed by atoms with Crippen LogP contribution in [-0.2, 0) is 14.3 Å². The standard InChI is InChI=1S/C12H11ClO4/c1-7(14)17-11-6-8(5-9(15)12(11)13)10-3-2-4-16-10/h2-4,8H,5-6H2,1H3. The van der Waals surface area contributed by atoms with E-state index in [1.165, 1.54) is 6.92 Å².